The molecule has 55 heavy (non-hydrogen) atoms. The van der Waals surface area contributed by atoms with Crippen LogP contribution >= 0.6 is 0 Å². The van der Waals surface area contributed by atoms with Crippen molar-refractivity contribution in [3.63, 3.8) is 0 Å². The van der Waals surface area contributed by atoms with Crippen LogP contribution in [0.3, 0.4) is 0 Å². The molecule has 0 radical (unpaired) electrons. The van der Waals surface area contributed by atoms with E-state index in [1.165, 1.54) is 23.3 Å². The molecule has 6 rings (SSSR count). The molecule has 6 aromatic rings. The van der Waals surface area contributed by atoms with Gasteiger partial charge in [-0.05, 0) is 104 Å². The Hall–Kier alpha value is -5.87. The molecule has 0 amide bonds. The quantitative estimate of drug-likeness (QED) is 0.134. The van der Waals surface area contributed by atoms with E-state index in [4.69, 9.17) is 0 Å². The number of hydrogen-bond donors (Lipinski definition) is 0. The molecule has 0 aromatic heterocycles. The van der Waals surface area contributed by atoms with E-state index < -0.39 is 11.7 Å². The molecule has 0 bridgehead atoms. The average Bonchev–Trinajstić information content (AvgIpc) is 3.16. The number of nitrogens with zero attached hydrogens (tertiary/aromatic N) is 1. The fourth-order valence-electron chi connectivity index (χ4n) is 6.20. The molecule has 0 saturated carbocycles. The van der Waals surface area contributed by atoms with Crippen LogP contribution in [0.5, 0.6) is 0 Å². The second-order valence-corrected chi connectivity index (χ2v) is 16.0. The maximum absolute atomic E-state index is 13.0. The molecule has 1 nitrogen and oxygen atoms in total. The van der Waals surface area contributed by atoms with E-state index in [1.807, 2.05) is 24.3 Å². The summed E-state index contributed by atoms with van der Waals surface area (Å²) in [6, 6.07) is 47.9. The van der Waals surface area contributed by atoms with Gasteiger partial charge >= 0.3 is 6.18 Å². The molecule has 0 saturated heterocycles. The summed E-state index contributed by atoms with van der Waals surface area (Å²) in [6.07, 6.45) is 7.93. The van der Waals surface area contributed by atoms with Gasteiger partial charge in [0, 0.05) is 17.1 Å². The van der Waals surface area contributed by atoms with Crippen LogP contribution in [-0.4, -0.2) is 0 Å². The van der Waals surface area contributed by atoms with Gasteiger partial charge in [-0.1, -0.05) is 175 Å². The highest BCUT2D eigenvalue weighted by Crippen LogP contribution is 2.36. The second-order valence-electron chi connectivity index (χ2n) is 16.0. The third-order valence-corrected chi connectivity index (χ3v) is 9.65. The Kier molecular flexibility index (Phi) is 11.5. The van der Waals surface area contributed by atoms with E-state index in [9.17, 15) is 13.2 Å². The highest BCUT2D eigenvalue weighted by molar-refractivity contribution is 5.80. The normalized spacial score (nSPS) is 12.6. The number of benzene rings is 6. The third kappa shape index (κ3) is 10.4. The maximum atomic E-state index is 13.0. The second kappa shape index (κ2) is 16.2. The van der Waals surface area contributed by atoms with Gasteiger partial charge in [0.1, 0.15) is 0 Å². The van der Waals surface area contributed by atoms with Crippen molar-refractivity contribution in [2.45, 2.75) is 58.5 Å². The van der Waals surface area contributed by atoms with Crippen molar-refractivity contribution in [3.05, 3.63) is 196 Å². The zero-order valence-electron chi connectivity index (χ0n) is 32.4. The van der Waals surface area contributed by atoms with Gasteiger partial charge < -0.3 is 4.90 Å². The molecular formula is C51H48F3N. The molecule has 0 N–H and O–H groups in total. The summed E-state index contributed by atoms with van der Waals surface area (Å²) in [6.45, 7) is 13.3. The van der Waals surface area contributed by atoms with Crippen LogP contribution in [0.25, 0.3) is 36.5 Å². The van der Waals surface area contributed by atoms with Gasteiger partial charge in [0.05, 0.1) is 5.56 Å². The van der Waals surface area contributed by atoms with Gasteiger partial charge in [-0.25, -0.2) is 0 Å². The van der Waals surface area contributed by atoms with E-state index in [-0.39, 0.29) is 10.8 Å². The molecule has 0 aliphatic rings. The van der Waals surface area contributed by atoms with Gasteiger partial charge in [0.15, 0.2) is 0 Å². The fraction of sp³-hybridized carbons (Fsp3) is 0.176. The third-order valence-electron chi connectivity index (χ3n) is 9.65. The van der Waals surface area contributed by atoms with Gasteiger partial charge in [-0.2, -0.15) is 13.2 Å². The highest BCUT2D eigenvalue weighted by atomic mass is 19.4. The Morgan fingerprint density at radius 1 is 0.309 bits per heavy atom. The van der Waals surface area contributed by atoms with Crippen molar-refractivity contribution in [3.8, 4) is 0 Å². The Morgan fingerprint density at radius 3 is 0.709 bits per heavy atom. The van der Waals surface area contributed by atoms with Gasteiger partial charge in [0.2, 0.25) is 0 Å². The Bertz CT molecular complexity index is 1980. The van der Waals surface area contributed by atoms with Crippen molar-refractivity contribution in [2.75, 3.05) is 4.90 Å². The highest BCUT2D eigenvalue weighted by Gasteiger charge is 2.29. The van der Waals surface area contributed by atoms with Crippen LogP contribution in [0, 0.1) is 0 Å². The number of hydrogen-bond acceptors (Lipinski definition) is 1. The standard InChI is InChI=1S/C51H48F3N/c1-49(2,3)43-25-13-37(14-26-43)7-10-40-19-31-46(32-20-40)55(47-33-21-41(22-34-47)11-8-38-15-27-44(28-16-38)50(4,5)6)48-35-23-42(24-36-48)12-9-39-17-29-45(30-18-39)51(52,53)54/h7-36H,1-6H3. The molecule has 0 fully saturated rings. The minimum Gasteiger partial charge on any atom is -0.311 e. The molecule has 278 valence electrons. The van der Waals surface area contributed by atoms with Crippen molar-refractivity contribution < 1.29 is 13.2 Å². The SMILES string of the molecule is CC(C)(C)c1ccc(C=Cc2ccc(N(c3ccc(C=Cc4ccc(C(C)(C)C)cc4)cc3)c3ccc(C=Cc4ccc(C(F)(F)F)cc4)cc3)cc2)cc1. The summed E-state index contributed by atoms with van der Waals surface area (Å²) in [7, 11) is 0. The van der Waals surface area contributed by atoms with Crippen LogP contribution in [0.4, 0.5) is 30.2 Å². The molecule has 6 aromatic carbocycles. The number of halogens is 3. The fourth-order valence-corrected chi connectivity index (χ4v) is 6.20. The summed E-state index contributed by atoms with van der Waals surface area (Å²) in [5, 5.41) is 0. The summed E-state index contributed by atoms with van der Waals surface area (Å²) < 4.78 is 39.0. The van der Waals surface area contributed by atoms with Crippen LogP contribution in [0.2, 0.25) is 0 Å². The largest absolute Gasteiger partial charge is 0.416 e. The van der Waals surface area contributed by atoms with Crippen LogP contribution in [-0.2, 0) is 17.0 Å². The van der Waals surface area contributed by atoms with E-state index in [1.54, 1.807) is 0 Å². The van der Waals surface area contributed by atoms with Crippen molar-refractivity contribution in [2.24, 2.45) is 0 Å². The monoisotopic (exact) mass is 731 g/mol. The molecule has 0 aliphatic carbocycles. The summed E-state index contributed by atoms with van der Waals surface area (Å²) in [5.41, 5.74) is 11.4. The summed E-state index contributed by atoms with van der Waals surface area (Å²) in [4.78, 5) is 2.22. The molecular weight excluding hydrogens is 684 g/mol. The first-order valence-corrected chi connectivity index (χ1v) is 18.6. The van der Waals surface area contributed by atoms with Crippen molar-refractivity contribution in [1.82, 2.24) is 0 Å². The van der Waals surface area contributed by atoms with E-state index in [2.05, 4.69) is 180 Å². The molecule has 0 heterocycles. The van der Waals surface area contributed by atoms with Gasteiger partial charge in [-0.3, -0.25) is 0 Å². The van der Waals surface area contributed by atoms with Crippen LogP contribution in [0.1, 0.15) is 91.6 Å². The lowest BCUT2D eigenvalue weighted by Crippen LogP contribution is -2.10. The minimum atomic E-state index is -4.35. The van der Waals surface area contributed by atoms with Crippen LogP contribution < -0.4 is 4.90 Å². The smallest absolute Gasteiger partial charge is 0.311 e. The first-order valence-electron chi connectivity index (χ1n) is 18.6. The lowest BCUT2D eigenvalue weighted by molar-refractivity contribution is -0.137. The molecule has 0 aliphatic heterocycles. The summed E-state index contributed by atoms with van der Waals surface area (Å²) in [5.74, 6) is 0. The van der Waals surface area contributed by atoms with Gasteiger partial charge in [-0.15, -0.1) is 0 Å². The Balaban J connectivity index is 1.24. The number of rotatable bonds is 9. The minimum absolute atomic E-state index is 0.117. The van der Waals surface area contributed by atoms with Crippen molar-refractivity contribution >= 4 is 53.5 Å². The zero-order valence-corrected chi connectivity index (χ0v) is 32.4. The Labute approximate surface area is 324 Å². The molecule has 0 atom stereocenters. The predicted molar refractivity (Wildman–Crippen MR) is 230 cm³/mol. The van der Waals surface area contributed by atoms with Crippen molar-refractivity contribution in [1.29, 1.82) is 0 Å². The van der Waals surface area contributed by atoms with Gasteiger partial charge in [0.25, 0.3) is 0 Å². The number of alkyl halides is 3. The zero-order chi connectivity index (χ0) is 39.2. The lowest BCUT2D eigenvalue weighted by Gasteiger charge is -2.26. The maximum Gasteiger partial charge on any atom is 0.416 e. The van der Waals surface area contributed by atoms with E-state index >= 15 is 0 Å². The molecule has 4 heteroatoms. The Morgan fingerprint density at radius 2 is 0.509 bits per heavy atom. The molecule has 0 spiro atoms. The molecule has 0 unspecified atom stereocenters. The first-order chi connectivity index (χ1) is 26.1. The topological polar surface area (TPSA) is 3.24 Å². The first kappa shape index (κ1) is 38.8. The average molecular weight is 732 g/mol. The predicted octanol–water partition coefficient (Wildman–Crippen LogP) is 15.3. The van der Waals surface area contributed by atoms with E-state index in [0.717, 1.165) is 57.0 Å². The van der Waals surface area contributed by atoms with E-state index in [0.29, 0.717) is 5.56 Å². The number of anilines is 3. The summed E-state index contributed by atoms with van der Waals surface area (Å²) >= 11 is 0. The lowest BCUT2D eigenvalue weighted by atomic mass is 9.87. The van der Waals surface area contributed by atoms with Crippen LogP contribution in [0.15, 0.2) is 146 Å².